The number of rotatable bonds is 11. The topological polar surface area (TPSA) is 55.8 Å². The zero-order chi connectivity index (χ0) is 17.8. The van der Waals surface area contributed by atoms with Gasteiger partial charge in [0, 0.05) is 19.1 Å². The minimum Gasteiger partial charge on any atom is -0.469 e. The highest BCUT2D eigenvalue weighted by atomic mass is 16.5. The number of carbonyl (C=O) groups excluding carboxylic acids is 2. The maximum absolute atomic E-state index is 11.5. The van der Waals surface area contributed by atoms with Gasteiger partial charge in [-0.1, -0.05) is 36.4 Å². The molecule has 0 saturated carbocycles. The van der Waals surface area contributed by atoms with Crippen molar-refractivity contribution in [3.63, 3.8) is 0 Å². The van der Waals surface area contributed by atoms with Crippen LogP contribution in [0.2, 0.25) is 0 Å². The van der Waals surface area contributed by atoms with Gasteiger partial charge in [-0.25, -0.2) is 0 Å². The fourth-order valence-corrected chi connectivity index (χ4v) is 2.59. The molecule has 0 aliphatic rings. The molecule has 0 aliphatic heterocycles. The Labute approximate surface area is 144 Å². The molecular formula is C19H27NO4. The average Bonchev–Trinajstić information content (AvgIpc) is 2.61. The van der Waals surface area contributed by atoms with Gasteiger partial charge in [-0.05, 0) is 18.4 Å². The number of hydrogen-bond donors (Lipinski definition) is 0. The van der Waals surface area contributed by atoms with Gasteiger partial charge in [-0.3, -0.25) is 14.5 Å². The van der Waals surface area contributed by atoms with Crippen LogP contribution in [0.1, 0.15) is 24.8 Å². The third kappa shape index (κ3) is 7.42. The Kier molecular flexibility index (Phi) is 9.46. The van der Waals surface area contributed by atoms with E-state index < -0.39 is 0 Å². The first-order chi connectivity index (χ1) is 11.6. The molecule has 0 fully saturated rings. The summed E-state index contributed by atoms with van der Waals surface area (Å²) in [5, 5.41) is 0. The van der Waals surface area contributed by atoms with Crippen molar-refractivity contribution in [3.8, 4) is 0 Å². The molecule has 0 aliphatic carbocycles. The van der Waals surface area contributed by atoms with Gasteiger partial charge in [-0.15, -0.1) is 6.58 Å². The molecule has 0 spiro atoms. The Morgan fingerprint density at radius 2 is 1.62 bits per heavy atom. The third-order valence-electron chi connectivity index (χ3n) is 3.93. The average molecular weight is 333 g/mol. The molecule has 0 heterocycles. The minimum absolute atomic E-state index is 0.166. The summed E-state index contributed by atoms with van der Waals surface area (Å²) >= 11 is 0. The summed E-state index contributed by atoms with van der Waals surface area (Å²) in [6.07, 6.45) is 4.06. The number of hydrogen-bond acceptors (Lipinski definition) is 5. The molecular weight excluding hydrogens is 306 g/mol. The maximum atomic E-state index is 11.5. The summed E-state index contributed by atoms with van der Waals surface area (Å²) in [4.78, 5) is 25.1. The fourth-order valence-electron chi connectivity index (χ4n) is 2.59. The van der Waals surface area contributed by atoms with Gasteiger partial charge in [0.05, 0.1) is 27.1 Å². The van der Waals surface area contributed by atoms with Crippen LogP contribution < -0.4 is 0 Å². The molecule has 1 rings (SSSR count). The first kappa shape index (κ1) is 19.9. The Balaban J connectivity index is 2.80. The molecule has 0 radical (unpaired) electrons. The predicted octanol–water partition coefficient (Wildman–Crippen LogP) is 2.60. The second-order valence-electron chi connectivity index (χ2n) is 5.56. The quantitative estimate of drug-likeness (QED) is 0.460. The van der Waals surface area contributed by atoms with E-state index in [2.05, 4.69) is 23.6 Å². The van der Waals surface area contributed by atoms with Gasteiger partial charge in [0.1, 0.15) is 0 Å². The predicted molar refractivity (Wildman–Crippen MR) is 93.6 cm³/mol. The van der Waals surface area contributed by atoms with Crippen LogP contribution in [-0.4, -0.2) is 50.2 Å². The first-order valence-electron chi connectivity index (χ1n) is 8.13. The van der Waals surface area contributed by atoms with Gasteiger partial charge in [-0.2, -0.15) is 0 Å². The molecule has 0 N–H and O–H groups in total. The molecule has 1 aromatic carbocycles. The lowest BCUT2D eigenvalue weighted by atomic mass is 10.0. The second-order valence-corrected chi connectivity index (χ2v) is 5.56. The van der Waals surface area contributed by atoms with Crippen molar-refractivity contribution in [1.29, 1.82) is 0 Å². The Bertz CT molecular complexity index is 495. The van der Waals surface area contributed by atoms with E-state index in [1.165, 1.54) is 19.8 Å². The molecule has 0 aromatic heterocycles. The van der Waals surface area contributed by atoms with Crippen LogP contribution in [0.5, 0.6) is 0 Å². The standard InChI is InChI=1S/C19H27NO4/c1-4-8-17(15-16-9-6-5-7-10-16)20(13-11-18(21)23-2)14-12-19(22)24-3/h4-7,9-10,17H,1,8,11-15H2,2-3H3/t17-/m0/s1. The highest BCUT2D eigenvalue weighted by Gasteiger charge is 2.20. The van der Waals surface area contributed by atoms with Crippen molar-refractivity contribution in [2.75, 3.05) is 27.3 Å². The van der Waals surface area contributed by atoms with E-state index in [0.29, 0.717) is 25.9 Å². The maximum Gasteiger partial charge on any atom is 0.306 e. The highest BCUT2D eigenvalue weighted by molar-refractivity contribution is 5.70. The molecule has 0 amide bonds. The number of esters is 2. The van der Waals surface area contributed by atoms with E-state index in [0.717, 1.165) is 12.8 Å². The summed E-state index contributed by atoms with van der Waals surface area (Å²) < 4.78 is 9.46. The molecule has 132 valence electrons. The number of benzene rings is 1. The van der Waals surface area contributed by atoms with Crippen LogP contribution in [0.4, 0.5) is 0 Å². The van der Waals surface area contributed by atoms with Gasteiger partial charge >= 0.3 is 11.9 Å². The number of carbonyl (C=O) groups is 2. The first-order valence-corrected chi connectivity index (χ1v) is 8.13. The van der Waals surface area contributed by atoms with Crippen LogP contribution in [-0.2, 0) is 25.5 Å². The summed E-state index contributed by atoms with van der Waals surface area (Å²) in [7, 11) is 2.76. The fraction of sp³-hybridized carbons (Fsp3) is 0.474. The van der Waals surface area contributed by atoms with E-state index >= 15 is 0 Å². The van der Waals surface area contributed by atoms with Crippen LogP contribution in [0, 0.1) is 0 Å². The number of methoxy groups -OCH3 is 2. The van der Waals surface area contributed by atoms with Crippen LogP contribution in [0.25, 0.3) is 0 Å². The van der Waals surface area contributed by atoms with Gasteiger partial charge in [0.15, 0.2) is 0 Å². The Morgan fingerprint density at radius 1 is 1.08 bits per heavy atom. The van der Waals surface area contributed by atoms with E-state index in [9.17, 15) is 9.59 Å². The lowest BCUT2D eigenvalue weighted by Crippen LogP contribution is -2.39. The monoisotopic (exact) mass is 333 g/mol. The van der Waals surface area contributed by atoms with E-state index in [1.807, 2.05) is 24.3 Å². The van der Waals surface area contributed by atoms with Crippen molar-refractivity contribution in [2.24, 2.45) is 0 Å². The highest BCUT2D eigenvalue weighted by Crippen LogP contribution is 2.14. The second kappa shape index (κ2) is 11.4. The van der Waals surface area contributed by atoms with E-state index in [1.54, 1.807) is 0 Å². The number of ether oxygens (including phenoxy) is 2. The van der Waals surface area contributed by atoms with Crippen LogP contribution >= 0.6 is 0 Å². The van der Waals surface area contributed by atoms with Crippen molar-refractivity contribution in [3.05, 3.63) is 48.6 Å². The summed E-state index contributed by atoms with van der Waals surface area (Å²) in [5.41, 5.74) is 1.21. The lowest BCUT2D eigenvalue weighted by Gasteiger charge is -2.31. The van der Waals surface area contributed by atoms with Gasteiger partial charge in [0.25, 0.3) is 0 Å². The molecule has 5 heteroatoms. The summed E-state index contributed by atoms with van der Waals surface area (Å²) in [6.45, 7) is 4.91. The smallest absolute Gasteiger partial charge is 0.306 e. The van der Waals surface area contributed by atoms with Crippen LogP contribution in [0.3, 0.4) is 0 Å². The molecule has 0 saturated heterocycles. The molecule has 1 aromatic rings. The molecule has 0 bridgehead atoms. The normalized spacial score (nSPS) is 11.8. The SMILES string of the molecule is C=CC[C@@H](Cc1ccccc1)N(CCC(=O)OC)CCC(=O)OC. The largest absolute Gasteiger partial charge is 0.469 e. The molecule has 24 heavy (non-hydrogen) atoms. The zero-order valence-corrected chi connectivity index (χ0v) is 14.6. The van der Waals surface area contributed by atoms with Crippen molar-refractivity contribution in [1.82, 2.24) is 4.90 Å². The van der Waals surface area contributed by atoms with Crippen molar-refractivity contribution >= 4 is 11.9 Å². The third-order valence-corrected chi connectivity index (χ3v) is 3.93. The summed E-state index contributed by atoms with van der Waals surface area (Å²) in [5.74, 6) is -0.509. The summed E-state index contributed by atoms with van der Waals surface area (Å²) in [6, 6.07) is 10.3. The van der Waals surface area contributed by atoms with Gasteiger partial charge < -0.3 is 9.47 Å². The van der Waals surface area contributed by atoms with Gasteiger partial charge in [0.2, 0.25) is 0 Å². The molecule has 1 atom stereocenters. The molecule has 0 unspecified atom stereocenters. The van der Waals surface area contributed by atoms with E-state index in [-0.39, 0.29) is 18.0 Å². The lowest BCUT2D eigenvalue weighted by molar-refractivity contribution is -0.141. The van der Waals surface area contributed by atoms with Crippen LogP contribution in [0.15, 0.2) is 43.0 Å². The minimum atomic E-state index is -0.255. The van der Waals surface area contributed by atoms with Crippen molar-refractivity contribution in [2.45, 2.75) is 31.7 Å². The number of nitrogens with zero attached hydrogens (tertiary/aromatic N) is 1. The zero-order valence-electron chi connectivity index (χ0n) is 14.6. The van der Waals surface area contributed by atoms with E-state index in [4.69, 9.17) is 9.47 Å². The Hall–Kier alpha value is -2.14. The van der Waals surface area contributed by atoms with Crippen molar-refractivity contribution < 1.29 is 19.1 Å². The molecule has 5 nitrogen and oxygen atoms in total. The Morgan fingerprint density at radius 3 is 2.08 bits per heavy atom.